The number of nitrogens with one attached hydrogen (secondary N) is 1. The summed E-state index contributed by atoms with van der Waals surface area (Å²) in [5, 5.41) is 8.11. The number of ether oxygens (including phenoxy) is 2. The predicted octanol–water partition coefficient (Wildman–Crippen LogP) is 0.108. The Morgan fingerprint density at radius 1 is 1.25 bits per heavy atom. The third-order valence-electron chi connectivity index (χ3n) is 4.93. The lowest BCUT2D eigenvalue weighted by molar-refractivity contribution is -0.133. The second-order valence-corrected chi connectivity index (χ2v) is 9.28. The lowest BCUT2D eigenvalue weighted by Crippen LogP contribution is -2.46. The molecular formula is C18H21N3O6S. The molecule has 150 valence electrons. The van der Waals surface area contributed by atoms with Gasteiger partial charge in [-0.15, -0.1) is 0 Å². The van der Waals surface area contributed by atoms with Gasteiger partial charge >= 0.3 is 0 Å². The molecule has 1 saturated heterocycles. The van der Waals surface area contributed by atoms with Crippen LogP contribution >= 0.6 is 0 Å². The van der Waals surface area contributed by atoms with Crippen molar-refractivity contribution in [1.29, 1.82) is 0 Å². The first-order valence-electron chi connectivity index (χ1n) is 9.18. The quantitative estimate of drug-likeness (QED) is 0.758. The lowest BCUT2D eigenvalue weighted by atomic mass is 10.1. The molecule has 4 rings (SSSR count). The summed E-state index contributed by atoms with van der Waals surface area (Å²) in [7, 11) is -3.15. The molecule has 3 heterocycles. The first-order valence-corrected chi connectivity index (χ1v) is 11.0. The van der Waals surface area contributed by atoms with E-state index < -0.39 is 15.9 Å². The second-order valence-electron chi connectivity index (χ2n) is 7.05. The van der Waals surface area contributed by atoms with E-state index in [4.69, 9.17) is 9.47 Å². The SMILES string of the molecule is O=C(NCC1COc2ccccc2O1)C1=NN(C2CCS(=O)(=O)C2)C(=O)CC1. The van der Waals surface area contributed by atoms with Crippen LogP contribution in [0.25, 0.3) is 0 Å². The van der Waals surface area contributed by atoms with Gasteiger partial charge in [0.25, 0.3) is 5.91 Å². The second kappa shape index (κ2) is 7.42. The molecule has 0 aromatic heterocycles. The Bertz CT molecular complexity index is 929. The van der Waals surface area contributed by atoms with Crippen LogP contribution in [0, 0.1) is 0 Å². The number of carbonyl (C=O) groups is 2. The number of benzene rings is 1. The first-order chi connectivity index (χ1) is 13.4. The van der Waals surface area contributed by atoms with Gasteiger partial charge in [-0.05, 0) is 18.6 Å². The maximum Gasteiger partial charge on any atom is 0.267 e. The maximum atomic E-state index is 12.5. The highest BCUT2D eigenvalue weighted by atomic mass is 32.2. The van der Waals surface area contributed by atoms with Gasteiger partial charge in [0.1, 0.15) is 18.4 Å². The number of nitrogens with zero attached hydrogens (tertiary/aromatic N) is 2. The number of para-hydroxylation sites is 2. The molecule has 0 aliphatic carbocycles. The molecule has 2 atom stereocenters. The molecule has 10 heteroatoms. The van der Waals surface area contributed by atoms with Crippen molar-refractivity contribution in [2.45, 2.75) is 31.4 Å². The molecule has 1 fully saturated rings. The molecule has 9 nitrogen and oxygen atoms in total. The van der Waals surface area contributed by atoms with E-state index in [1.807, 2.05) is 18.2 Å². The summed E-state index contributed by atoms with van der Waals surface area (Å²) in [6, 6.07) is 6.82. The Kier molecular flexibility index (Phi) is 4.96. The van der Waals surface area contributed by atoms with Crippen molar-refractivity contribution >= 4 is 27.4 Å². The summed E-state index contributed by atoms with van der Waals surface area (Å²) in [5.74, 6) is 0.590. The van der Waals surface area contributed by atoms with Crippen LogP contribution in [0.1, 0.15) is 19.3 Å². The van der Waals surface area contributed by atoms with Crippen LogP contribution in [0.2, 0.25) is 0 Å². The normalized spacial score (nSPS) is 25.9. The summed E-state index contributed by atoms with van der Waals surface area (Å²) in [6.45, 7) is 0.548. The van der Waals surface area contributed by atoms with Crippen LogP contribution in [0.4, 0.5) is 0 Å². The van der Waals surface area contributed by atoms with E-state index in [1.165, 1.54) is 5.01 Å². The highest BCUT2D eigenvalue weighted by Gasteiger charge is 2.37. The van der Waals surface area contributed by atoms with Crippen molar-refractivity contribution in [2.75, 3.05) is 24.7 Å². The van der Waals surface area contributed by atoms with E-state index in [-0.39, 0.29) is 54.5 Å². The van der Waals surface area contributed by atoms with Crippen LogP contribution in [-0.2, 0) is 19.4 Å². The summed E-state index contributed by atoms with van der Waals surface area (Å²) >= 11 is 0. The highest BCUT2D eigenvalue weighted by Crippen LogP contribution is 2.30. The zero-order valence-electron chi connectivity index (χ0n) is 15.2. The molecule has 2 amide bonds. The molecular weight excluding hydrogens is 386 g/mol. The minimum atomic E-state index is -3.15. The van der Waals surface area contributed by atoms with Gasteiger partial charge in [0.05, 0.1) is 24.1 Å². The smallest absolute Gasteiger partial charge is 0.267 e. The van der Waals surface area contributed by atoms with Gasteiger partial charge in [0, 0.05) is 12.8 Å². The molecule has 0 spiro atoms. The number of fused-ring (bicyclic) bond motifs is 1. The van der Waals surface area contributed by atoms with Crippen molar-refractivity contribution < 1.29 is 27.5 Å². The van der Waals surface area contributed by atoms with Gasteiger partial charge in [0.15, 0.2) is 21.3 Å². The van der Waals surface area contributed by atoms with Crippen molar-refractivity contribution in [3.8, 4) is 11.5 Å². The summed E-state index contributed by atoms with van der Waals surface area (Å²) in [4.78, 5) is 24.6. The largest absolute Gasteiger partial charge is 0.486 e. The van der Waals surface area contributed by atoms with Crippen molar-refractivity contribution in [2.24, 2.45) is 5.10 Å². The van der Waals surface area contributed by atoms with E-state index >= 15 is 0 Å². The average molecular weight is 407 g/mol. The van der Waals surface area contributed by atoms with Crippen molar-refractivity contribution in [3.05, 3.63) is 24.3 Å². The third-order valence-corrected chi connectivity index (χ3v) is 6.68. The predicted molar refractivity (Wildman–Crippen MR) is 99.9 cm³/mol. The molecule has 1 aromatic rings. The van der Waals surface area contributed by atoms with Crippen LogP contribution in [0.15, 0.2) is 29.4 Å². The lowest BCUT2D eigenvalue weighted by Gasteiger charge is -2.28. The van der Waals surface area contributed by atoms with Gasteiger partial charge in [-0.3, -0.25) is 9.59 Å². The Morgan fingerprint density at radius 3 is 2.79 bits per heavy atom. The summed E-state index contributed by atoms with van der Waals surface area (Å²) < 4.78 is 34.8. The van der Waals surface area contributed by atoms with Crippen LogP contribution in [0.5, 0.6) is 11.5 Å². The number of hydrogen-bond donors (Lipinski definition) is 1. The zero-order chi connectivity index (χ0) is 19.7. The Morgan fingerprint density at radius 2 is 2.04 bits per heavy atom. The Balaban J connectivity index is 1.37. The summed E-state index contributed by atoms with van der Waals surface area (Å²) in [6.07, 6.45) is 0.380. The standard InChI is InChI=1S/C18H21N3O6S/c22-17-6-5-14(20-21(17)12-7-8-28(24,25)11-12)18(23)19-9-13-10-26-15-3-1-2-4-16(15)27-13/h1-4,12-13H,5-11H2,(H,19,23). The number of amides is 2. The fourth-order valence-corrected chi connectivity index (χ4v) is 5.15. The topological polar surface area (TPSA) is 114 Å². The van der Waals surface area contributed by atoms with Gasteiger partial charge in [0.2, 0.25) is 5.91 Å². The van der Waals surface area contributed by atoms with Crippen LogP contribution in [0.3, 0.4) is 0 Å². The number of hydrazone groups is 1. The van der Waals surface area contributed by atoms with Gasteiger partial charge in [-0.2, -0.15) is 5.10 Å². The fourth-order valence-electron chi connectivity index (χ4n) is 3.46. The van der Waals surface area contributed by atoms with Crippen molar-refractivity contribution in [3.63, 3.8) is 0 Å². The van der Waals surface area contributed by atoms with E-state index in [1.54, 1.807) is 6.07 Å². The molecule has 1 aromatic carbocycles. The number of sulfone groups is 1. The molecule has 0 saturated carbocycles. The number of hydrogen-bond acceptors (Lipinski definition) is 7. The minimum Gasteiger partial charge on any atom is -0.486 e. The molecule has 1 N–H and O–H groups in total. The van der Waals surface area contributed by atoms with Crippen LogP contribution < -0.4 is 14.8 Å². The zero-order valence-corrected chi connectivity index (χ0v) is 16.0. The number of carbonyl (C=O) groups excluding carboxylic acids is 2. The molecule has 3 aliphatic heterocycles. The Hall–Kier alpha value is -2.62. The Labute approximate surface area is 162 Å². The molecule has 3 aliphatic rings. The summed E-state index contributed by atoms with van der Waals surface area (Å²) in [5.41, 5.74) is 0.223. The van der Waals surface area contributed by atoms with Gasteiger partial charge in [-0.25, -0.2) is 13.4 Å². The van der Waals surface area contributed by atoms with E-state index in [9.17, 15) is 18.0 Å². The molecule has 0 radical (unpaired) electrons. The van der Waals surface area contributed by atoms with Crippen molar-refractivity contribution in [1.82, 2.24) is 10.3 Å². The number of rotatable bonds is 4. The maximum absolute atomic E-state index is 12.5. The fraction of sp³-hybridized carbons (Fsp3) is 0.500. The van der Waals surface area contributed by atoms with E-state index in [2.05, 4.69) is 10.4 Å². The molecule has 0 bridgehead atoms. The molecule has 2 unspecified atom stereocenters. The van der Waals surface area contributed by atoms with Gasteiger partial charge < -0.3 is 14.8 Å². The highest BCUT2D eigenvalue weighted by molar-refractivity contribution is 7.91. The third kappa shape index (κ3) is 3.96. The van der Waals surface area contributed by atoms with Gasteiger partial charge in [-0.1, -0.05) is 12.1 Å². The monoisotopic (exact) mass is 407 g/mol. The minimum absolute atomic E-state index is 0.0407. The van der Waals surface area contributed by atoms with E-state index in [0.29, 0.717) is 24.5 Å². The van der Waals surface area contributed by atoms with E-state index in [0.717, 1.165) is 0 Å². The molecule has 28 heavy (non-hydrogen) atoms. The van der Waals surface area contributed by atoms with Crippen LogP contribution in [-0.4, -0.2) is 67.8 Å². The first kappa shape index (κ1) is 18.7. The average Bonchev–Trinajstić information content (AvgIpc) is 3.06.